The second-order valence-corrected chi connectivity index (χ2v) is 7.54. The third-order valence-corrected chi connectivity index (χ3v) is 5.84. The Balaban J connectivity index is 1.99. The zero-order chi connectivity index (χ0) is 21.9. The van der Waals surface area contributed by atoms with Crippen LogP contribution in [-0.2, 0) is 33.5 Å². The van der Waals surface area contributed by atoms with Crippen LogP contribution < -0.4 is 0 Å². The summed E-state index contributed by atoms with van der Waals surface area (Å²) in [6, 6.07) is 0. The molecule has 0 amide bonds. The van der Waals surface area contributed by atoms with Gasteiger partial charge in [0.05, 0.1) is 35.5 Å². The van der Waals surface area contributed by atoms with Gasteiger partial charge in [0, 0.05) is 0 Å². The van der Waals surface area contributed by atoms with Crippen LogP contribution in [0.2, 0.25) is 0 Å². The summed E-state index contributed by atoms with van der Waals surface area (Å²) >= 11 is 0. The quantitative estimate of drug-likeness (QED) is 0.348. The lowest BCUT2D eigenvalue weighted by Crippen LogP contribution is -2.40. The highest BCUT2D eigenvalue weighted by Gasteiger charge is 2.45. The van der Waals surface area contributed by atoms with E-state index in [9.17, 15) is 39.0 Å². The Hall–Kier alpha value is -2.98. The number of rotatable bonds is 6. The molecule has 0 aromatic rings. The zero-order valence-corrected chi connectivity index (χ0v) is 15.4. The molecule has 2 rings (SSSR count). The Morgan fingerprint density at radius 2 is 0.828 bits per heavy atom. The summed E-state index contributed by atoms with van der Waals surface area (Å²) in [6.45, 7) is 0. The number of esters is 2. The molecule has 0 heterocycles. The minimum absolute atomic E-state index is 0.0505. The predicted octanol–water partition coefficient (Wildman–Crippen LogP) is 0.460. The van der Waals surface area contributed by atoms with E-state index in [1.807, 2.05) is 0 Å². The van der Waals surface area contributed by atoms with Crippen LogP contribution in [0.4, 0.5) is 0 Å². The SMILES string of the molecule is O=C(OC(=O)C1CCC(C(=O)O)C(C(=O)O)C1)C1CCC(C(=O)O)C(C(=O)O)C1. The fourth-order valence-corrected chi connectivity index (χ4v) is 4.17. The molecule has 160 valence electrons. The lowest BCUT2D eigenvalue weighted by atomic mass is 9.73. The Labute approximate surface area is 164 Å². The lowest BCUT2D eigenvalue weighted by molar-refractivity contribution is -0.171. The van der Waals surface area contributed by atoms with E-state index in [4.69, 9.17) is 14.9 Å². The van der Waals surface area contributed by atoms with Crippen molar-refractivity contribution in [2.45, 2.75) is 38.5 Å². The first-order valence-corrected chi connectivity index (χ1v) is 9.19. The third kappa shape index (κ3) is 5.09. The number of carbonyl (C=O) groups is 6. The third-order valence-electron chi connectivity index (χ3n) is 5.84. The molecule has 0 radical (unpaired) electrons. The summed E-state index contributed by atoms with van der Waals surface area (Å²) in [7, 11) is 0. The molecule has 0 saturated heterocycles. The van der Waals surface area contributed by atoms with E-state index in [0.717, 1.165) is 0 Å². The number of carboxylic acids is 4. The van der Waals surface area contributed by atoms with Crippen LogP contribution in [0.5, 0.6) is 0 Å². The average molecular weight is 414 g/mol. The van der Waals surface area contributed by atoms with E-state index in [-0.39, 0.29) is 38.5 Å². The minimum Gasteiger partial charge on any atom is -0.481 e. The molecule has 2 fully saturated rings. The molecule has 29 heavy (non-hydrogen) atoms. The molecule has 0 bridgehead atoms. The van der Waals surface area contributed by atoms with Crippen LogP contribution in [0.3, 0.4) is 0 Å². The molecule has 6 atom stereocenters. The fraction of sp³-hybridized carbons (Fsp3) is 0.667. The van der Waals surface area contributed by atoms with Crippen LogP contribution in [0, 0.1) is 35.5 Å². The van der Waals surface area contributed by atoms with Gasteiger partial charge in [-0.1, -0.05) is 0 Å². The smallest absolute Gasteiger partial charge is 0.316 e. The molecule has 2 saturated carbocycles. The normalized spacial score (nSPS) is 32.0. The van der Waals surface area contributed by atoms with E-state index < -0.39 is 71.3 Å². The van der Waals surface area contributed by atoms with Gasteiger partial charge in [-0.05, 0) is 38.5 Å². The van der Waals surface area contributed by atoms with Crippen molar-refractivity contribution >= 4 is 35.8 Å². The maximum Gasteiger partial charge on any atom is 0.316 e. The summed E-state index contributed by atoms with van der Waals surface area (Å²) in [5.74, 6) is -13.9. The molecule has 2 aliphatic rings. The van der Waals surface area contributed by atoms with Gasteiger partial charge in [0.1, 0.15) is 0 Å². The number of aliphatic carboxylic acids is 4. The van der Waals surface area contributed by atoms with E-state index in [1.54, 1.807) is 0 Å². The molecule has 6 unspecified atom stereocenters. The highest BCUT2D eigenvalue weighted by molar-refractivity contribution is 5.90. The molecule has 0 spiro atoms. The summed E-state index contributed by atoms with van der Waals surface area (Å²) < 4.78 is 4.82. The Kier molecular flexibility index (Phi) is 6.93. The standard InChI is InChI=1S/C18H22O11/c19-13(20)9-3-1-7(5-11(9)15(23)24)17(27)29-18(28)8-2-4-10(14(21)22)12(6-8)16(25)26/h7-12H,1-6H2,(H,19,20)(H,21,22)(H,23,24)(H,25,26). The van der Waals surface area contributed by atoms with Crippen molar-refractivity contribution in [3.63, 3.8) is 0 Å². The fourth-order valence-electron chi connectivity index (χ4n) is 4.17. The van der Waals surface area contributed by atoms with E-state index in [2.05, 4.69) is 0 Å². The van der Waals surface area contributed by atoms with E-state index in [0.29, 0.717) is 0 Å². The summed E-state index contributed by atoms with van der Waals surface area (Å²) in [6.07, 6.45) is -0.549. The summed E-state index contributed by atoms with van der Waals surface area (Å²) in [5.41, 5.74) is 0. The number of carbonyl (C=O) groups excluding carboxylic acids is 2. The van der Waals surface area contributed by atoms with E-state index >= 15 is 0 Å². The van der Waals surface area contributed by atoms with Crippen molar-refractivity contribution in [3.8, 4) is 0 Å². The molecular formula is C18H22O11. The monoisotopic (exact) mass is 414 g/mol. The first kappa shape index (κ1) is 22.3. The first-order valence-electron chi connectivity index (χ1n) is 9.19. The van der Waals surface area contributed by atoms with Gasteiger partial charge in [-0.2, -0.15) is 0 Å². The summed E-state index contributed by atoms with van der Waals surface area (Å²) in [5, 5.41) is 36.6. The van der Waals surface area contributed by atoms with Crippen molar-refractivity contribution in [3.05, 3.63) is 0 Å². The van der Waals surface area contributed by atoms with Gasteiger partial charge in [0.2, 0.25) is 0 Å². The Morgan fingerprint density at radius 3 is 1.10 bits per heavy atom. The maximum absolute atomic E-state index is 12.3. The van der Waals surface area contributed by atoms with Gasteiger partial charge in [-0.3, -0.25) is 28.8 Å². The minimum atomic E-state index is -1.35. The lowest BCUT2D eigenvalue weighted by Gasteiger charge is -2.31. The van der Waals surface area contributed by atoms with Crippen LogP contribution in [0.1, 0.15) is 38.5 Å². The van der Waals surface area contributed by atoms with Crippen molar-refractivity contribution in [2.75, 3.05) is 0 Å². The van der Waals surface area contributed by atoms with Crippen molar-refractivity contribution in [2.24, 2.45) is 35.5 Å². The molecule has 0 aromatic carbocycles. The topological polar surface area (TPSA) is 193 Å². The van der Waals surface area contributed by atoms with Crippen LogP contribution in [-0.4, -0.2) is 56.2 Å². The Morgan fingerprint density at radius 1 is 0.517 bits per heavy atom. The number of hydrogen-bond donors (Lipinski definition) is 4. The molecule has 0 aromatic heterocycles. The largest absolute Gasteiger partial charge is 0.481 e. The Bertz CT molecular complexity index is 667. The van der Waals surface area contributed by atoms with Gasteiger partial charge in [0.15, 0.2) is 0 Å². The average Bonchev–Trinajstić information content (AvgIpc) is 2.66. The number of ether oxygens (including phenoxy) is 1. The molecule has 11 nitrogen and oxygen atoms in total. The molecule has 4 N–H and O–H groups in total. The van der Waals surface area contributed by atoms with Gasteiger partial charge >= 0.3 is 35.8 Å². The van der Waals surface area contributed by atoms with Crippen molar-refractivity contribution in [1.29, 1.82) is 0 Å². The molecule has 0 aliphatic heterocycles. The number of carboxylic acid groups (broad SMARTS) is 4. The first-order chi connectivity index (χ1) is 13.5. The molecule has 11 heteroatoms. The van der Waals surface area contributed by atoms with Crippen LogP contribution in [0.15, 0.2) is 0 Å². The second-order valence-electron chi connectivity index (χ2n) is 7.54. The van der Waals surface area contributed by atoms with Gasteiger partial charge in [-0.15, -0.1) is 0 Å². The highest BCUT2D eigenvalue weighted by Crippen LogP contribution is 2.37. The molecule has 2 aliphatic carbocycles. The van der Waals surface area contributed by atoms with Crippen LogP contribution >= 0.6 is 0 Å². The number of hydrogen-bond acceptors (Lipinski definition) is 7. The second kappa shape index (κ2) is 9.01. The van der Waals surface area contributed by atoms with E-state index in [1.165, 1.54) is 0 Å². The van der Waals surface area contributed by atoms with Gasteiger partial charge in [-0.25, -0.2) is 0 Å². The summed E-state index contributed by atoms with van der Waals surface area (Å²) in [4.78, 5) is 69.5. The van der Waals surface area contributed by atoms with Gasteiger partial charge in [0.25, 0.3) is 0 Å². The predicted molar refractivity (Wildman–Crippen MR) is 90.3 cm³/mol. The highest BCUT2D eigenvalue weighted by atomic mass is 16.6. The maximum atomic E-state index is 12.3. The van der Waals surface area contributed by atoms with Crippen molar-refractivity contribution < 1.29 is 53.9 Å². The van der Waals surface area contributed by atoms with Crippen molar-refractivity contribution in [1.82, 2.24) is 0 Å². The molecular weight excluding hydrogens is 392 g/mol. The van der Waals surface area contributed by atoms with Crippen LogP contribution in [0.25, 0.3) is 0 Å². The zero-order valence-electron chi connectivity index (χ0n) is 15.4. The van der Waals surface area contributed by atoms with Gasteiger partial charge < -0.3 is 25.2 Å².